The summed E-state index contributed by atoms with van der Waals surface area (Å²) in [5, 5.41) is 0. The zero-order valence-electron chi connectivity index (χ0n) is 11.4. The number of halogens is 1. The number of ether oxygens (including phenoxy) is 1. The summed E-state index contributed by atoms with van der Waals surface area (Å²) in [6, 6.07) is 4.31. The fourth-order valence-electron chi connectivity index (χ4n) is 2.25. The first kappa shape index (κ1) is 16.3. The highest BCUT2D eigenvalue weighted by Crippen LogP contribution is 2.24. The fourth-order valence-corrected chi connectivity index (χ4v) is 4.39. The van der Waals surface area contributed by atoms with Gasteiger partial charge in [0.25, 0.3) is 0 Å². The van der Waals surface area contributed by atoms with Crippen molar-refractivity contribution in [2.24, 2.45) is 0 Å². The van der Waals surface area contributed by atoms with Crippen molar-refractivity contribution in [3.8, 4) is 0 Å². The molecule has 21 heavy (non-hydrogen) atoms. The topological polar surface area (TPSA) is 80.8 Å². The molecule has 118 valence electrons. The number of hydrogen-bond donors (Lipinski definition) is 0. The van der Waals surface area contributed by atoms with Gasteiger partial charge in [-0.2, -0.15) is 12.7 Å². The van der Waals surface area contributed by atoms with Gasteiger partial charge in [-0.25, -0.2) is 8.42 Å². The van der Waals surface area contributed by atoms with Gasteiger partial charge in [-0.15, -0.1) is 3.89 Å². The molecule has 1 unspecified atom stereocenters. The lowest BCUT2D eigenvalue weighted by atomic mass is 10.1. The third-order valence-electron chi connectivity index (χ3n) is 3.40. The summed E-state index contributed by atoms with van der Waals surface area (Å²) in [5.41, 5.74) is 0. The van der Waals surface area contributed by atoms with Gasteiger partial charge < -0.3 is 4.74 Å². The Morgan fingerprint density at radius 2 is 1.90 bits per heavy atom. The van der Waals surface area contributed by atoms with E-state index in [1.165, 1.54) is 23.5 Å². The van der Waals surface area contributed by atoms with Crippen LogP contribution in [0.1, 0.15) is 12.8 Å². The van der Waals surface area contributed by atoms with Crippen LogP contribution in [0.2, 0.25) is 0 Å². The summed E-state index contributed by atoms with van der Waals surface area (Å²) in [6.45, 7) is 0.528. The van der Waals surface area contributed by atoms with Crippen LogP contribution in [0.3, 0.4) is 0 Å². The molecule has 1 fully saturated rings. The van der Waals surface area contributed by atoms with Gasteiger partial charge in [0.15, 0.2) is 0 Å². The zero-order chi connectivity index (χ0) is 15.7. The van der Waals surface area contributed by atoms with Crippen molar-refractivity contribution < 1.29 is 25.5 Å². The molecule has 1 aromatic carbocycles. The molecule has 0 saturated carbocycles. The second-order valence-electron chi connectivity index (χ2n) is 4.78. The van der Waals surface area contributed by atoms with Crippen molar-refractivity contribution in [1.29, 1.82) is 0 Å². The SMILES string of the molecule is COC1CCCN(S(=O)(=O)c2cccc(S(=O)(=O)F)c2)C1. The summed E-state index contributed by atoms with van der Waals surface area (Å²) in [5.74, 6) is 0. The molecule has 0 bridgehead atoms. The number of piperidine rings is 1. The van der Waals surface area contributed by atoms with Crippen LogP contribution in [0.5, 0.6) is 0 Å². The van der Waals surface area contributed by atoms with Gasteiger partial charge >= 0.3 is 10.2 Å². The Morgan fingerprint density at radius 3 is 2.52 bits per heavy atom. The Morgan fingerprint density at radius 1 is 1.24 bits per heavy atom. The van der Waals surface area contributed by atoms with Gasteiger partial charge in [-0.3, -0.25) is 0 Å². The van der Waals surface area contributed by atoms with Gasteiger partial charge in [-0.05, 0) is 31.0 Å². The number of nitrogens with zero attached hydrogens (tertiary/aromatic N) is 1. The number of methoxy groups -OCH3 is 1. The first-order valence-electron chi connectivity index (χ1n) is 6.33. The Bertz CT molecular complexity index is 717. The molecule has 1 aliphatic heterocycles. The van der Waals surface area contributed by atoms with Crippen LogP contribution in [0.4, 0.5) is 3.89 Å². The highest BCUT2D eigenvalue weighted by Gasteiger charge is 2.31. The quantitative estimate of drug-likeness (QED) is 0.770. The van der Waals surface area contributed by atoms with E-state index >= 15 is 0 Å². The maximum absolute atomic E-state index is 13.0. The van der Waals surface area contributed by atoms with E-state index in [2.05, 4.69) is 0 Å². The summed E-state index contributed by atoms with van der Waals surface area (Å²) in [7, 11) is -7.29. The third-order valence-corrected chi connectivity index (χ3v) is 6.08. The van der Waals surface area contributed by atoms with Crippen LogP contribution >= 0.6 is 0 Å². The number of hydrogen-bond acceptors (Lipinski definition) is 5. The number of sulfonamides is 1. The largest absolute Gasteiger partial charge is 0.380 e. The van der Waals surface area contributed by atoms with E-state index in [4.69, 9.17) is 4.74 Å². The van der Waals surface area contributed by atoms with E-state index in [1.54, 1.807) is 0 Å². The first-order valence-corrected chi connectivity index (χ1v) is 9.15. The Hall–Kier alpha value is -1.03. The normalized spacial score (nSPS) is 21.3. The molecule has 1 aromatic rings. The molecule has 1 atom stereocenters. The Balaban J connectivity index is 2.36. The predicted octanol–water partition coefficient (Wildman–Crippen LogP) is 1.14. The molecular weight excluding hydrogens is 321 g/mol. The minimum atomic E-state index is -4.94. The fraction of sp³-hybridized carbons (Fsp3) is 0.500. The lowest BCUT2D eigenvalue weighted by Crippen LogP contribution is -2.42. The van der Waals surface area contributed by atoms with E-state index in [1.807, 2.05) is 0 Å². The summed E-state index contributed by atoms with van der Waals surface area (Å²) in [6.07, 6.45) is 1.22. The van der Waals surface area contributed by atoms with E-state index in [0.717, 1.165) is 18.6 Å². The Kier molecular flexibility index (Phi) is 4.66. The van der Waals surface area contributed by atoms with Crippen LogP contribution in [-0.2, 0) is 25.0 Å². The smallest absolute Gasteiger partial charge is 0.332 e. The van der Waals surface area contributed by atoms with Crippen LogP contribution in [0, 0.1) is 0 Å². The average Bonchev–Trinajstić information content (AvgIpc) is 2.46. The lowest BCUT2D eigenvalue weighted by molar-refractivity contribution is 0.0572. The van der Waals surface area contributed by atoms with Crippen LogP contribution in [0.25, 0.3) is 0 Å². The van der Waals surface area contributed by atoms with Crippen molar-refractivity contribution in [2.45, 2.75) is 28.7 Å². The molecule has 0 aliphatic carbocycles. The molecule has 0 radical (unpaired) electrons. The zero-order valence-corrected chi connectivity index (χ0v) is 13.0. The molecule has 9 heteroatoms. The van der Waals surface area contributed by atoms with Gasteiger partial charge in [0.1, 0.15) is 0 Å². The van der Waals surface area contributed by atoms with Crippen LogP contribution in [-0.4, -0.2) is 47.4 Å². The molecule has 0 spiro atoms. The van der Waals surface area contributed by atoms with Crippen molar-refractivity contribution in [1.82, 2.24) is 4.31 Å². The van der Waals surface area contributed by atoms with Crippen molar-refractivity contribution in [3.05, 3.63) is 24.3 Å². The summed E-state index contributed by atoms with van der Waals surface area (Å²) < 4.78 is 66.1. The van der Waals surface area contributed by atoms with Gasteiger partial charge in [0.05, 0.1) is 15.9 Å². The molecule has 1 saturated heterocycles. The monoisotopic (exact) mass is 337 g/mol. The molecule has 0 N–H and O–H groups in total. The van der Waals surface area contributed by atoms with Gasteiger partial charge in [-0.1, -0.05) is 6.07 Å². The van der Waals surface area contributed by atoms with Crippen LogP contribution in [0.15, 0.2) is 34.1 Å². The number of benzene rings is 1. The maximum Gasteiger partial charge on any atom is 0.332 e. The highest BCUT2D eigenvalue weighted by molar-refractivity contribution is 7.89. The molecule has 6 nitrogen and oxygen atoms in total. The highest BCUT2D eigenvalue weighted by atomic mass is 32.3. The second kappa shape index (κ2) is 5.99. The lowest BCUT2D eigenvalue weighted by Gasteiger charge is -2.31. The minimum Gasteiger partial charge on any atom is -0.380 e. The van der Waals surface area contributed by atoms with E-state index in [0.29, 0.717) is 13.0 Å². The molecule has 1 aliphatic rings. The molecular formula is C12H16FNO5S2. The number of rotatable bonds is 4. The standard InChI is InChI=1S/C12H16FNO5S2/c1-19-10-4-3-7-14(9-10)21(17,18)12-6-2-5-11(8-12)20(13,15)16/h2,5-6,8,10H,3-4,7,9H2,1H3. The van der Waals surface area contributed by atoms with E-state index in [-0.39, 0.29) is 17.5 Å². The molecule has 0 amide bonds. The minimum absolute atomic E-state index is 0.193. The first-order chi connectivity index (χ1) is 9.75. The van der Waals surface area contributed by atoms with Gasteiger partial charge in [0.2, 0.25) is 10.0 Å². The maximum atomic E-state index is 13.0. The van der Waals surface area contributed by atoms with E-state index in [9.17, 15) is 20.7 Å². The summed E-state index contributed by atoms with van der Waals surface area (Å²) in [4.78, 5) is -0.901. The van der Waals surface area contributed by atoms with Gasteiger partial charge in [0, 0.05) is 20.2 Å². The van der Waals surface area contributed by atoms with E-state index < -0.39 is 25.1 Å². The van der Waals surface area contributed by atoms with Crippen LogP contribution < -0.4 is 0 Å². The Labute approximate surface area is 123 Å². The average molecular weight is 337 g/mol. The molecule has 1 heterocycles. The molecule has 2 rings (SSSR count). The summed E-state index contributed by atoms with van der Waals surface area (Å²) >= 11 is 0. The predicted molar refractivity (Wildman–Crippen MR) is 73.5 cm³/mol. The van der Waals surface area contributed by atoms with Crippen molar-refractivity contribution >= 4 is 20.2 Å². The molecule has 0 aromatic heterocycles. The van der Waals surface area contributed by atoms with Crippen molar-refractivity contribution in [2.75, 3.05) is 20.2 Å². The second-order valence-corrected chi connectivity index (χ2v) is 8.06. The van der Waals surface area contributed by atoms with Crippen molar-refractivity contribution in [3.63, 3.8) is 0 Å². The third kappa shape index (κ3) is 3.60.